The molecule has 23 heavy (non-hydrogen) atoms. The molecule has 0 radical (unpaired) electrons. The summed E-state index contributed by atoms with van der Waals surface area (Å²) < 4.78 is 0. The SMILES string of the molecule is CCNC(=NCC1CCCC1O)NCCc1cc(C)cc(C)c1. The second-order valence-electron chi connectivity index (χ2n) is 6.65. The monoisotopic (exact) mass is 317 g/mol. The number of rotatable bonds is 6. The predicted octanol–water partition coefficient (Wildman–Crippen LogP) is 2.56. The molecular weight excluding hydrogens is 286 g/mol. The number of nitrogens with zero attached hydrogens (tertiary/aromatic N) is 1. The van der Waals surface area contributed by atoms with Crippen molar-refractivity contribution >= 4 is 5.96 Å². The smallest absolute Gasteiger partial charge is 0.191 e. The van der Waals surface area contributed by atoms with Gasteiger partial charge in [-0.1, -0.05) is 35.7 Å². The van der Waals surface area contributed by atoms with Crippen LogP contribution in [0.2, 0.25) is 0 Å². The number of aliphatic hydroxyl groups is 1. The zero-order valence-electron chi connectivity index (χ0n) is 14.7. The number of nitrogens with one attached hydrogen (secondary N) is 2. The van der Waals surface area contributed by atoms with Gasteiger partial charge in [-0.15, -0.1) is 0 Å². The summed E-state index contributed by atoms with van der Waals surface area (Å²) in [5.41, 5.74) is 3.99. The summed E-state index contributed by atoms with van der Waals surface area (Å²) in [6, 6.07) is 6.69. The topological polar surface area (TPSA) is 56.7 Å². The van der Waals surface area contributed by atoms with Gasteiger partial charge in [0.2, 0.25) is 0 Å². The van der Waals surface area contributed by atoms with Gasteiger partial charge in [-0.05, 0) is 45.6 Å². The number of hydrogen-bond acceptors (Lipinski definition) is 2. The van der Waals surface area contributed by atoms with Crippen molar-refractivity contribution in [3.63, 3.8) is 0 Å². The summed E-state index contributed by atoms with van der Waals surface area (Å²) in [4.78, 5) is 4.65. The molecule has 2 atom stereocenters. The molecule has 0 spiro atoms. The van der Waals surface area contributed by atoms with Crippen molar-refractivity contribution in [3.05, 3.63) is 34.9 Å². The number of benzene rings is 1. The molecule has 0 saturated heterocycles. The summed E-state index contributed by atoms with van der Waals surface area (Å²) in [7, 11) is 0. The number of aryl methyl sites for hydroxylation is 2. The van der Waals surface area contributed by atoms with Gasteiger partial charge >= 0.3 is 0 Å². The summed E-state index contributed by atoms with van der Waals surface area (Å²) in [6.45, 7) is 8.78. The van der Waals surface area contributed by atoms with Gasteiger partial charge in [0.05, 0.1) is 6.10 Å². The molecule has 1 aromatic carbocycles. The normalized spacial score (nSPS) is 21.5. The van der Waals surface area contributed by atoms with E-state index in [0.717, 1.165) is 44.7 Å². The second-order valence-corrected chi connectivity index (χ2v) is 6.65. The molecule has 1 aliphatic rings. The van der Waals surface area contributed by atoms with E-state index in [-0.39, 0.29) is 6.10 Å². The molecule has 128 valence electrons. The van der Waals surface area contributed by atoms with Crippen molar-refractivity contribution in [1.82, 2.24) is 10.6 Å². The summed E-state index contributed by atoms with van der Waals surface area (Å²) in [6.07, 6.45) is 3.96. The fourth-order valence-electron chi connectivity index (χ4n) is 3.32. The van der Waals surface area contributed by atoms with Crippen LogP contribution in [0.1, 0.15) is 42.9 Å². The highest BCUT2D eigenvalue weighted by Gasteiger charge is 2.24. The molecule has 3 N–H and O–H groups in total. The Kier molecular flexibility index (Phi) is 6.90. The molecule has 2 rings (SSSR count). The number of aliphatic imine (C=N–C) groups is 1. The molecule has 2 unspecified atom stereocenters. The van der Waals surface area contributed by atoms with E-state index < -0.39 is 0 Å². The van der Waals surface area contributed by atoms with Crippen molar-refractivity contribution in [1.29, 1.82) is 0 Å². The van der Waals surface area contributed by atoms with Crippen LogP contribution in [0.25, 0.3) is 0 Å². The third-order valence-corrected chi connectivity index (χ3v) is 4.43. The maximum Gasteiger partial charge on any atom is 0.191 e. The predicted molar refractivity (Wildman–Crippen MR) is 96.9 cm³/mol. The van der Waals surface area contributed by atoms with Crippen LogP contribution in [-0.2, 0) is 6.42 Å². The molecule has 0 amide bonds. The van der Waals surface area contributed by atoms with Crippen molar-refractivity contribution in [2.75, 3.05) is 19.6 Å². The van der Waals surface area contributed by atoms with Gasteiger partial charge in [0, 0.05) is 25.6 Å². The zero-order chi connectivity index (χ0) is 16.7. The molecule has 0 aromatic heterocycles. The lowest BCUT2D eigenvalue weighted by Crippen LogP contribution is -2.39. The van der Waals surface area contributed by atoms with E-state index in [1.54, 1.807) is 0 Å². The fourth-order valence-corrected chi connectivity index (χ4v) is 3.32. The molecule has 1 aliphatic carbocycles. The van der Waals surface area contributed by atoms with Crippen molar-refractivity contribution in [2.45, 2.75) is 52.6 Å². The highest BCUT2D eigenvalue weighted by molar-refractivity contribution is 5.79. The van der Waals surface area contributed by atoms with Crippen molar-refractivity contribution in [3.8, 4) is 0 Å². The molecule has 4 heteroatoms. The van der Waals surface area contributed by atoms with Crippen LogP contribution < -0.4 is 10.6 Å². The summed E-state index contributed by atoms with van der Waals surface area (Å²) >= 11 is 0. The molecule has 0 aliphatic heterocycles. The molecule has 1 aromatic rings. The van der Waals surface area contributed by atoms with E-state index in [4.69, 9.17) is 0 Å². The highest BCUT2D eigenvalue weighted by atomic mass is 16.3. The van der Waals surface area contributed by atoms with Crippen LogP contribution in [0.5, 0.6) is 0 Å². The van der Waals surface area contributed by atoms with Crippen LogP contribution in [0.15, 0.2) is 23.2 Å². The quantitative estimate of drug-likeness (QED) is 0.558. The first kappa shape index (κ1) is 17.8. The van der Waals surface area contributed by atoms with Gasteiger partial charge in [-0.2, -0.15) is 0 Å². The lowest BCUT2D eigenvalue weighted by atomic mass is 10.1. The summed E-state index contributed by atoms with van der Waals surface area (Å²) in [5.74, 6) is 1.18. The second kappa shape index (κ2) is 8.92. The fraction of sp³-hybridized carbons (Fsp3) is 0.632. The van der Waals surface area contributed by atoms with Crippen LogP contribution in [0.4, 0.5) is 0 Å². The Bertz CT molecular complexity index is 507. The van der Waals surface area contributed by atoms with E-state index in [2.05, 4.69) is 54.6 Å². The average molecular weight is 317 g/mol. The zero-order valence-corrected chi connectivity index (χ0v) is 14.7. The Balaban J connectivity index is 1.83. The van der Waals surface area contributed by atoms with Gasteiger partial charge in [-0.25, -0.2) is 0 Å². The third-order valence-electron chi connectivity index (χ3n) is 4.43. The van der Waals surface area contributed by atoms with Crippen LogP contribution in [-0.4, -0.2) is 36.8 Å². The minimum Gasteiger partial charge on any atom is -0.393 e. The van der Waals surface area contributed by atoms with Crippen molar-refractivity contribution in [2.24, 2.45) is 10.9 Å². The molecule has 4 nitrogen and oxygen atoms in total. The molecule has 1 saturated carbocycles. The first-order valence-electron chi connectivity index (χ1n) is 8.86. The number of hydrogen-bond donors (Lipinski definition) is 3. The maximum absolute atomic E-state index is 9.90. The molecule has 0 bridgehead atoms. The maximum atomic E-state index is 9.90. The van der Waals surface area contributed by atoms with Crippen LogP contribution in [0, 0.1) is 19.8 Å². The first-order chi connectivity index (χ1) is 11.1. The first-order valence-corrected chi connectivity index (χ1v) is 8.86. The Morgan fingerprint density at radius 2 is 1.91 bits per heavy atom. The van der Waals surface area contributed by atoms with Gasteiger partial charge < -0.3 is 15.7 Å². The number of guanidine groups is 1. The van der Waals surface area contributed by atoms with Gasteiger partial charge in [-0.3, -0.25) is 4.99 Å². The lowest BCUT2D eigenvalue weighted by molar-refractivity contribution is 0.136. The van der Waals surface area contributed by atoms with Gasteiger partial charge in [0.1, 0.15) is 0 Å². The van der Waals surface area contributed by atoms with Gasteiger partial charge in [0.25, 0.3) is 0 Å². The van der Waals surface area contributed by atoms with E-state index in [1.165, 1.54) is 16.7 Å². The average Bonchev–Trinajstić information content (AvgIpc) is 2.89. The Hall–Kier alpha value is -1.55. The van der Waals surface area contributed by atoms with Crippen molar-refractivity contribution < 1.29 is 5.11 Å². The minimum atomic E-state index is -0.170. The van der Waals surface area contributed by atoms with E-state index >= 15 is 0 Å². The van der Waals surface area contributed by atoms with E-state index in [0.29, 0.717) is 12.5 Å². The van der Waals surface area contributed by atoms with E-state index in [9.17, 15) is 5.11 Å². The highest BCUT2D eigenvalue weighted by Crippen LogP contribution is 2.25. The Morgan fingerprint density at radius 1 is 1.17 bits per heavy atom. The standard InChI is InChI=1S/C19H31N3O/c1-4-20-19(22-13-17-6-5-7-18(17)23)21-9-8-16-11-14(2)10-15(3)12-16/h10-12,17-18,23H,4-9,13H2,1-3H3,(H2,20,21,22). The lowest BCUT2D eigenvalue weighted by Gasteiger charge is -2.15. The third kappa shape index (κ3) is 5.87. The summed E-state index contributed by atoms with van der Waals surface area (Å²) in [5, 5.41) is 16.6. The molecule has 0 heterocycles. The van der Waals surface area contributed by atoms with E-state index in [1.807, 2.05) is 0 Å². The number of aliphatic hydroxyl groups excluding tert-OH is 1. The molecule has 1 fully saturated rings. The Morgan fingerprint density at radius 3 is 2.52 bits per heavy atom. The Labute approximate surface area is 140 Å². The van der Waals surface area contributed by atoms with Crippen LogP contribution >= 0.6 is 0 Å². The molecular formula is C19H31N3O. The van der Waals surface area contributed by atoms with Gasteiger partial charge in [0.15, 0.2) is 5.96 Å². The largest absolute Gasteiger partial charge is 0.393 e. The van der Waals surface area contributed by atoms with Crippen LogP contribution in [0.3, 0.4) is 0 Å². The minimum absolute atomic E-state index is 0.170.